The number of aliphatic carboxylic acids is 2. The highest BCUT2D eigenvalue weighted by Crippen LogP contribution is 2.09. The molecule has 25 heavy (non-hydrogen) atoms. The van der Waals surface area contributed by atoms with E-state index in [0.29, 0.717) is 6.42 Å². The first kappa shape index (κ1) is 22.3. The first-order chi connectivity index (χ1) is 11.6. The molecule has 0 spiro atoms. The zero-order valence-electron chi connectivity index (χ0n) is 14.1. The molecule has 3 amide bonds. The Kier molecular flexibility index (Phi) is 9.79. The fourth-order valence-corrected chi connectivity index (χ4v) is 1.87. The van der Waals surface area contributed by atoms with Crippen LogP contribution in [-0.4, -0.2) is 65.0 Å². The van der Waals surface area contributed by atoms with E-state index in [4.69, 9.17) is 15.9 Å². The fourth-order valence-electron chi connectivity index (χ4n) is 1.87. The Morgan fingerprint density at radius 2 is 1.60 bits per heavy atom. The van der Waals surface area contributed by atoms with Gasteiger partial charge in [0.25, 0.3) is 0 Å². The molecule has 0 fully saturated rings. The van der Waals surface area contributed by atoms with Gasteiger partial charge in [-0.05, 0) is 5.92 Å². The normalized spacial score (nSPS) is 13.9. The Morgan fingerprint density at radius 1 is 1.00 bits per heavy atom. The van der Waals surface area contributed by atoms with Gasteiger partial charge in [0.15, 0.2) is 0 Å². The monoisotopic (exact) mass is 360 g/mol. The van der Waals surface area contributed by atoms with Crippen LogP contribution in [0.15, 0.2) is 0 Å². The number of carboxylic acid groups (broad SMARTS) is 2. The zero-order chi connectivity index (χ0) is 19.6. The molecule has 0 aliphatic carbocycles. The number of carbonyl (C=O) groups is 5. The van der Waals surface area contributed by atoms with Crippen molar-refractivity contribution in [1.82, 2.24) is 16.0 Å². The van der Waals surface area contributed by atoms with Crippen molar-refractivity contribution >= 4 is 29.7 Å². The fraction of sp³-hybridized carbons (Fsp3) is 0.643. The zero-order valence-corrected chi connectivity index (χ0v) is 14.1. The molecule has 0 aliphatic rings. The highest BCUT2D eigenvalue weighted by atomic mass is 16.4. The number of rotatable bonds is 11. The lowest BCUT2D eigenvalue weighted by Gasteiger charge is -2.25. The van der Waals surface area contributed by atoms with Gasteiger partial charge in [-0.2, -0.15) is 0 Å². The number of hydrogen-bond acceptors (Lipinski definition) is 6. The molecule has 0 aromatic rings. The van der Waals surface area contributed by atoms with Gasteiger partial charge in [0, 0.05) is 0 Å². The van der Waals surface area contributed by atoms with E-state index >= 15 is 0 Å². The van der Waals surface area contributed by atoms with Crippen molar-refractivity contribution in [3.05, 3.63) is 0 Å². The topological polar surface area (TPSA) is 188 Å². The predicted molar refractivity (Wildman–Crippen MR) is 85.3 cm³/mol. The third kappa shape index (κ3) is 8.65. The molecule has 0 heterocycles. The minimum atomic E-state index is -1.41. The van der Waals surface area contributed by atoms with Crippen molar-refractivity contribution in [2.24, 2.45) is 11.7 Å². The van der Waals surface area contributed by atoms with Gasteiger partial charge in [-0.15, -0.1) is 0 Å². The van der Waals surface area contributed by atoms with Gasteiger partial charge < -0.3 is 31.9 Å². The van der Waals surface area contributed by atoms with Crippen molar-refractivity contribution in [3.8, 4) is 0 Å². The van der Waals surface area contributed by atoms with Gasteiger partial charge in [0.05, 0.1) is 13.0 Å². The first-order valence-electron chi connectivity index (χ1n) is 7.63. The number of hydrogen-bond donors (Lipinski definition) is 6. The molecule has 3 atom stereocenters. The van der Waals surface area contributed by atoms with Gasteiger partial charge in [-0.3, -0.25) is 24.0 Å². The van der Waals surface area contributed by atoms with Crippen molar-refractivity contribution in [3.63, 3.8) is 0 Å². The predicted octanol–water partition coefficient (Wildman–Crippen LogP) is -2.36. The molecule has 0 aliphatic heterocycles. The Morgan fingerprint density at radius 3 is 2.04 bits per heavy atom. The summed E-state index contributed by atoms with van der Waals surface area (Å²) >= 11 is 0. The van der Waals surface area contributed by atoms with Crippen molar-refractivity contribution in [2.45, 2.75) is 38.8 Å². The molecule has 0 rings (SSSR count). The first-order valence-corrected chi connectivity index (χ1v) is 7.63. The number of nitrogens with two attached hydrogens (primary N) is 1. The molecule has 0 radical (unpaired) electrons. The van der Waals surface area contributed by atoms with Crippen molar-refractivity contribution in [1.29, 1.82) is 0 Å². The second kappa shape index (κ2) is 11.0. The summed E-state index contributed by atoms with van der Waals surface area (Å²) in [6, 6.07) is -2.49. The van der Waals surface area contributed by atoms with E-state index in [0.717, 1.165) is 0 Å². The number of carbonyl (C=O) groups excluding carboxylic acids is 3. The molecule has 11 nitrogen and oxygen atoms in total. The van der Waals surface area contributed by atoms with Crippen LogP contribution in [0, 0.1) is 5.92 Å². The van der Waals surface area contributed by atoms with Gasteiger partial charge in [0.2, 0.25) is 17.7 Å². The molecule has 0 aromatic carbocycles. The van der Waals surface area contributed by atoms with Crippen LogP contribution in [-0.2, 0) is 24.0 Å². The Hall–Kier alpha value is -2.69. The summed E-state index contributed by atoms with van der Waals surface area (Å²) in [5, 5.41) is 24.2. The second-order valence-corrected chi connectivity index (χ2v) is 5.41. The van der Waals surface area contributed by atoms with Crippen LogP contribution in [0.25, 0.3) is 0 Å². The van der Waals surface area contributed by atoms with E-state index in [9.17, 15) is 24.0 Å². The highest BCUT2D eigenvalue weighted by molar-refractivity contribution is 5.94. The Bertz CT molecular complexity index is 523. The van der Waals surface area contributed by atoms with Crippen LogP contribution in [0.4, 0.5) is 0 Å². The van der Waals surface area contributed by atoms with Gasteiger partial charge >= 0.3 is 11.9 Å². The Balaban J connectivity index is 5.16. The summed E-state index contributed by atoms with van der Waals surface area (Å²) in [5.41, 5.74) is 5.13. The lowest BCUT2D eigenvalue weighted by Crippen LogP contribution is -2.57. The van der Waals surface area contributed by atoms with Gasteiger partial charge in [0.1, 0.15) is 18.6 Å². The smallest absolute Gasteiger partial charge is 0.322 e. The lowest BCUT2D eigenvalue weighted by atomic mass is 9.97. The van der Waals surface area contributed by atoms with Crippen molar-refractivity contribution in [2.75, 3.05) is 13.1 Å². The third-order valence-corrected chi connectivity index (χ3v) is 3.42. The molecule has 0 aromatic heterocycles. The van der Waals surface area contributed by atoms with Crippen LogP contribution in [0.5, 0.6) is 0 Å². The van der Waals surface area contributed by atoms with E-state index in [1.165, 1.54) is 0 Å². The maximum atomic E-state index is 12.3. The molecule has 0 saturated heterocycles. The number of carboxylic acids is 2. The molecule has 3 unspecified atom stereocenters. The maximum absolute atomic E-state index is 12.3. The highest BCUT2D eigenvalue weighted by Gasteiger charge is 2.30. The summed E-state index contributed by atoms with van der Waals surface area (Å²) in [6.07, 6.45) is -0.203. The van der Waals surface area contributed by atoms with Gasteiger partial charge in [-0.1, -0.05) is 20.3 Å². The van der Waals surface area contributed by atoms with E-state index in [-0.39, 0.29) is 5.92 Å². The lowest BCUT2D eigenvalue weighted by molar-refractivity contribution is -0.141. The summed E-state index contributed by atoms with van der Waals surface area (Å²) in [4.78, 5) is 57.1. The number of amides is 3. The van der Waals surface area contributed by atoms with Gasteiger partial charge in [-0.25, -0.2) is 0 Å². The molecule has 0 saturated carbocycles. The Labute approximate surface area is 144 Å². The summed E-state index contributed by atoms with van der Waals surface area (Å²) in [7, 11) is 0. The van der Waals surface area contributed by atoms with Crippen molar-refractivity contribution < 1.29 is 34.2 Å². The van der Waals surface area contributed by atoms with Crippen LogP contribution in [0.2, 0.25) is 0 Å². The average molecular weight is 360 g/mol. The van der Waals surface area contributed by atoms with E-state index in [1.54, 1.807) is 13.8 Å². The summed E-state index contributed by atoms with van der Waals surface area (Å²) in [5.74, 6) is -5.25. The molecular weight excluding hydrogens is 336 g/mol. The minimum absolute atomic E-state index is 0.353. The van der Waals surface area contributed by atoms with Crippen LogP contribution >= 0.6 is 0 Å². The van der Waals surface area contributed by atoms with Crippen LogP contribution < -0.4 is 21.7 Å². The second-order valence-electron chi connectivity index (χ2n) is 5.41. The average Bonchev–Trinajstić information content (AvgIpc) is 2.55. The minimum Gasteiger partial charge on any atom is -0.481 e. The number of nitrogens with one attached hydrogen (secondary N) is 3. The summed E-state index contributed by atoms with van der Waals surface area (Å²) < 4.78 is 0. The van der Waals surface area contributed by atoms with Crippen LogP contribution in [0.1, 0.15) is 26.7 Å². The summed E-state index contributed by atoms with van der Waals surface area (Å²) in [6.45, 7) is 2.37. The standard InChI is InChI=1S/C14H24N4O7/c1-3-7(2)12(14(25)16-6-11(22)23)18-13(24)8(4-10(20)21)17-9(19)5-15/h7-8,12H,3-6,15H2,1-2H3,(H,16,25)(H,17,19)(H,18,24)(H,20,21)(H,22,23). The molecule has 142 valence electrons. The third-order valence-electron chi connectivity index (χ3n) is 3.42. The molecular formula is C14H24N4O7. The maximum Gasteiger partial charge on any atom is 0.322 e. The van der Waals surface area contributed by atoms with Crippen LogP contribution in [0.3, 0.4) is 0 Å². The molecule has 7 N–H and O–H groups in total. The van der Waals surface area contributed by atoms with E-state index < -0.39 is 61.3 Å². The van der Waals surface area contributed by atoms with E-state index in [1.807, 2.05) is 0 Å². The SMILES string of the molecule is CCC(C)C(NC(=O)C(CC(=O)O)NC(=O)CN)C(=O)NCC(=O)O. The molecule has 11 heteroatoms. The largest absolute Gasteiger partial charge is 0.481 e. The van der Waals surface area contributed by atoms with E-state index in [2.05, 4.69) is 16.0 Å². The quantitative estimate of drug-likeness (QED) is 0.236. The molecule has 0 bridgehead atoms.